The predicted molar refractivity (Wildman–Crippen MR) is 55.2 cm³/mol. The van der Waals surface area contributed by atoms with Crippen molar-refractivity contribution in [1.82, 2.24) is 0 Å². The SMILES string of the molecule is C=C/C=C(C)\C=C(\C)F.CCC=O. The van der Waals surface area contributed by atoms with E-state index in [0.29, 0.717) is 6.42 Å². The summed E-state index contributed by atoms with van der Waals surface area (Å²) in [5, 5.41) is 0. The van der Waals surface area contributed by atoms with Gasteiger partial charge in [-0.15, -0.1) is 0 Å². The molecule has 0 amide bonds. The molecule has 0 rings (SSSR count). The molecule has 0 aromatic heterocycles. The van der Waals surface area contributed by atoms with Gasteiger partial charge in [0.1, 0.15) is 6.29 Å². The summed E-state index contributed by atoms with van der Waals surface area (Å²) < 4.78 is 12.1. The number of carbonyl (C=O) groups excluding carboxylic acids is 1. The van der Waals surface area contributed by atoms with Crippen LogP contribution in [-0.4, -0.2) is 6.29 Å². The van der Waals surface area contributed by atoms with Crippen molar-refractivity contribution in [2.75, 3.05) is 0 Å². The first-order valence-corrected chi connectivity index (χ1v) is 4.15. The zero-order valence-electron chi connectivity index (χ0n) is 8.51. The quantitative estimate of drug-likeness (QED) is 0.484. The van der Waals surface area contributed by atoms with Crippen LogP contribution >= 0.6 is 0 Å². The summed E-state index contributed by atoms with van der Waals surface area (Å²) in [6.07, 6.45) is 6.36. The van der Waals surface area contributed by atoms with Crippen LogP contribution in [0.2, 0.25) is 0 Å². The largest absolute Gasteiger partial charge is 0.303 e. The van der Waals surface area contributed by atoms with E-state index in [2.05, 4.69) is 6.58 Å². The Morgan fingerprint density at radius 1 is 1.46 bits per heavy atom. The maximum absolute atomic E-state index is 12.1. The van der Waals surface area contributed by atoms with E-state index in [1.54, 1.807) is 12.2 Å². The van der Waals surface area contributed by atoms with E-state index in [1.807, 2.05) is 13.8 Å². The molecule has 2 heteroatoms. The van der Waals surface area contributed by atoms with Gasteiger partial charge in [0.15, 0.2) is 0 Å². The molecule has 0 aliphatic heterocycles. The summed E-state index contributed by atoms with van der Waals surface area (Å²) in [5.74, 6) is -0.175. The Kier molecular flexibility index (Phi) is 11.9. The van der Waals surface area contributed by atoms with E-state index < -0.39 is 0 Å². The van der Waals surface area contributed by atoms with Gasteiger partial charge in [-0.25, -0.2) is 4.39 Å². The zero-order chi connectivity index (χ0) is 10.7. The summed E-state index contributed by atoms with van der Waals surface area (Å²) >= 11 is 0. The smallest absolute Gasteiger partial charge is 0.119 e. The fourth-order valence-electron chi connectivity index (χ4n) is 0.548. The van der Waals surface area contributed by atoms with Crippen molar-refractivity contribution in [3.05, 3.63) is 36.2 Å². The Labute approximate surface area is 79.7 Å². The van der Waals surface area contributed by atoms with Crippen LogP contribution < -0.4 is 0 Å². The number of halogens is 1. The Balaban J connectivity index is 0. The molecule has 0 aliphatic rings. The third kappa shape index (κ3) is 18.1. The van der Waals surface area contributed by atoms with Gasteiger partial charge in [0.05, 0.1) is 5.83 Å². The minimum atomic E-state index is -0.175. The van der Waals surface area contributed by atoms with Crippen LogP contribution in [0.5, 0.6) is 0 Å². The van der Waals surface area contributed by atoms with Crippen molar-refractivity contribution >= 4 is 6.29 Å². The van der Waals surface area contributed by atoms with Gasteiger partial charge in [-0.2, -0.15) is 0 Å². The molecule has 0 aromatic rings. The van der Waals surface area contributed by atoms with Crippen LogP contribution in [0.25, 0.3) is 0 Å². The molecule has 74 valence electrons. The average Bonchev–Trinajstić information content (AvgIpc) is 2.04. The van der Waals surface area contributed by atoms with E-state index in [9.17, 15) is 9.18 Å². The normalized spacial score (nSPS) is 11.4. The van der Waals surface area contributed by atoms with Gasteiger partial charge in [0, 0.05) is 6.42 Å². The lowest BCUT2D eigenvalue weighted by atomic mass is 10.2. The van der Waals surface area contributed by atoms with E-state index in [1.165, 1.54) is 13.0 Å². The highest BCUT2D eigenvalue weighted by molar-refractivity contribution is 5.48. The fraction of sp³-hybridized carbons (Fsp3) is 0.364. The van der Waals surface area contributed by atoms with Crippen LogP contribution in [0.4, 0.5) is 4.39 Å². The average molecular weight is 184 g/mol. The molecule has 0 atom stereocenters. The standard InChI is InChI=1S/C8H11F.C3H6O/c1-4-5-7(2)6-8(3)9;1-2-3-4/h4-6H,1H2,2-3H3;3H,2H2,1H3/b7-5-,8-6-;. The van der Waals surface area contributed by atoms with Gasteiger partial charge in [0.2, 0.25) is 0 Å². The Morgan fingerprint density at radius 3 is 2.15 bits per heavy atom. The first-order valence-electron chi connectivity index (χ1n) is 4.15. The third-order valence-electron chi connectivity index (χ3n) is 0.974. The van der Waals surface area contributed by atoms with Gasteiger partial charge in [-0.1, -0.05) is 25.7 Å². The van der Waals surface area contributed by atoms with Gasteiger partial charge in [-0.3, -0.25) is 0 Å². The summed E-state index contributed by atoms with van der Waals surface area (Å²) in [6.45, 7) is 8.53. The molecule has 0 aliphatic carbocycles. The second-order valence-corrected chi connectivity index (χ2v) is 2.45. The Morgan fingerprint density at radius 2 is 1.92 bits per heavy atom. The highest BCUT2D eigenvalue weighted by atomic mass is 19.1. The first kappa shape index (κ1) is 14.3. The molecule has 0 heterocycles. The van der Waals surface area contributed by atoms with Gasteiger partial charge in [0.25, 0.3) is 0 Å². The van der Waals surface area contributed by atoms with Gasteiger partial charge < -0.3 is 4.79 Å². The van der Waals surface area contributed by atoms with Crippen molar-refractivity contribution in [3.8, 4) is 0 Å². The number of allylic oxidation sites excluding steroid dienone is 5. The molecule has 0 spiro atoms. The summed E-state index contributed by atoms with van der Waals surface area (Å²) in [7, 11) is 0. The molecule has 0 N–H and O–H groups in total. The van der Waals surface area contributed by atoms with Crippen molar-refractivity contribution in [2.45, 2.75) is 27.2 Å². The van der Waals surface area contributed by atoms with Crippen molar-refractivity contribution in [1.29, 1.82) is 0 Å². The number of rotatable bonds is 3. The fourth-order valence-corrected chi connectivity index (χ4v) is 0.548. The Hall–Kier alpha value is -1.18. The Bertz CT molecular complexity index is 198. The zero-order valence-corrected chi connectivity index (χ0v) is 8.51. The van der Waals surface area contributed by atoms with Gasteiger partial charge in [-0.05, 0) is 25.5 Å². The summed E-state index contributed by atoms with van der Waals surface area (Å²) in [4.78, 5) is 9.17. The molecule has 0 saturated heterocycles. The molecule has 0 aromatic carbocycles. The molecule has 0 bridgehead atoms. The second kappa shape index (κ2) is 10.8. The van der Waals surface area contributed by atoms with E-state index >= 15 is 0 Å². The lowest BCUT2D eigenvalue weighted by Gasteiger charge is -1.86. The van der Waals surface area contributed by atoms with Crippen LogP contribution in [0.15, 0.2) is 36.2 Å². The minimum absolute atomic E-state index is 0.175. The van der Waals surface area contributed by atoms with Crippen LogP contribution in [-0.2, 0) is 4.79 Å². The molecule has 1 nitrogen and oxygen atoms in total. The summed E-state index contributed by atoms with van der Waals surface area (Å²) in [6, 6.07) is 0. The molecular weight excluding hydrogens is 167 g/mol. The monoisotopic (exact) mass is 184 g/mol. The molecule has 0 radical (unpaired) electrons. The van der Waals surface area contributed by atoms with Crippen LogP contribution in [0, 0.1) is 0 Å². The molecule has 0 unspecified atom stereocenters. The molecule has 13 heavy (non-hydrogen) atoms. The minimum Gasteiger partial charge on any atom is -0.303 e. The number of hydrogen-bond donors (Lipinski definition) is 0. The topological polar surface area (TPSA) is 17.1 Å². The third-order valence-corrected chi connectivity index (χ3v) is 0.974. The predicted octanol–water partition coefficient (Wildman–Crippen LogP) is 3.59. The van der Waals surface area contributed by atoms with E-state index in [0.717, 1.165) is 11.9 Å². The van der Waals surface area contributed by atoms with Crippen molar-refractivity contribution in [3.63, 3.8) is 0 Å². The number of aldehydes is 1. The van der Waals surface area contributed by atoms with E-state index in [-0.39, 0.29) is 5.83 Å². The second-order valence-electron chi connectivity index (χ2n) is 2.45. The van der Waals surface area contributed by atoms with Crippen LogP contribution in [0.3, 0.4) is 0 Å². The molecule has 0 saturated carbocycles. The van der Waals surface area contributed by atoms with Gasteiger partial charge >= 0.3 is 0 Å². The summed E-state index contributed by atoms with van der Waals surface area (Å²) in [5.41, 5.74) is 0.880. The van der Waals surface area contributed by atoms with Crippen molar-refractivity contribution in [2.24, 2.45) is 0 Å². The number of hydrogen-bond acceptors (Lipinski definition) is 1. The van der Waals surface area contributed by atoms with Crippen LogP contribution in [0.1, 0.15) is 27.2 Å². The maximum atomic E-state index is 12.1. The number of carbonyl (C=O) groups is 1. The maximum Gasteiger partial charge on any atom is 0.119 e. The highest BCUT2D eigenvalue weighted by Gasteiger charge is 1.81. The molecule has 0 fully saturated rings. The lowest BCUT2D eigenvalue weighted by molar-refractivity contribution is -0.107. The van der Waals surface area contributed by atoms with E-state index in [4.69, 9.17) is 0 Å². The molecular formula is C11H17FO. The lowest BCUT2D eigenvalue weighted by Crippen LogP contribution is -1.66. The first-order chi connectivity index (χ1) is 6.08. The highest BCUT2D eigenvalue weighted by Crippen LogP contribution is 2.01. The van der Waals surface area contributed by atoms with Crippen molar-refractivity contribution < 1.29 is 9.18 Å².